The first-order chi connectivity index (χ1) is 8.11. The van der Waals surface area contributed by atoms with Crippen molar-refractivity contribution in [3.8, 4) is 0 Å². The van der Waals surface area contributed by atoms with E-state index in [0.29, 0.717) is 0 Å². The SMILES string of the molecule is O=[S@](CC(F)(F)F)c1cc(B(O)O)c(Cl)cc1Cl. The van der Waals surface area contributed by atoms with Gasteiger partial charge >= 0.3 is 13.3 Å². The number of hydrogen-bond acceptors (Lipinski definition) is 3. The molecule has 1 aromatic rings. The number of halogens is 5. The third-order valence-corrected chi connectivity index (χ3v) is 4.04. The van der Waals surface area contributed by atoms with Crippen LogP contribution in [0.2, 0.25) is 10.0 Å². The Morgan fingerprint density at radius 2 is 1.78 bits per heavy atom. The van der Waals surface area contributed by atoms with E-state index in [1.165, 1.54) is 0 Å². The predicted octanol–water partition coefficient (Wildman–Crippen LogP) is 1.34. The summed E-state index contributed by atoms with van der Waals surface area (Å²) in [5.41, 5.74) is -0.258. The molecule has 0 spiro atoms. The van der Waals surface area contributed by atoms with E-state index in [2.05, 4.69) is 0 Å². The average molecular weight is 321 g/mol. The fourth-order valence-corrected chi connectivity index (χ4v) is 2.87. The first-order valence-electron chi connectivity index (χ1n) is 4.42. The molecule has 0 bridgehead atoms. The van der Waals surface area contributed by atoms with Crippen molar-refractivity contribution in [2.75, 3.05) is 5.75 Å². The maximum Gasteiger partial charge on any atom is 0.489 e. The number of alkyl halides is 3. The Morgan fingerprint density at radius 3 is 2.22 bits per heavy atom. The standard InChI is InChI=1S/C8H6BCl2F3O3S/c10-5-2-6(11)7(1-4(5)9(15)16)18(17)3-8(12,13)14/h1-2,15-16H,3H2/t18-/m1/s1. The second-order valence-corrected chi connectivity index (χ2v) is 5.52. The molecule has 0 radical (unpaired) electrons. The fourth-order valence-electron chi connectivity index (χ4n) is 1.14. The largest absolute Gasteiger partial charge is 0.489 e. The molecule has 0 aliphatic carbocycles. The molecule has 1 rings (SSSR count). The first kappa shape index (κ1) is 15.8. The molecule has 0 fully saturated rings. The van der Waals surface area contributed by atoms with Gasteiger partial charge in [0.05, 0.1) is 20.7 Å². The quantitative estimate of drug-likeness (QED) is 0.826. The molecule has 1 atom stereocenters. The summed E-state index contributed by atoms with van der Waals surface area (Å²) in [5.74, 6) is -1.57. The van der Waals surface area contributed by atoms with E-state index in [1.807, 2.05) is 0 Å². The molecule has 0 saturated carbocycles. The topological polar surface area (TPSA) is 57.5 Å². The van der Waals surface area contributed by atoms with Gasteiger partial charge in [0.1, 0.15) is 5.75 Å². The molecular weight excluding hydrogens is 315 g/mol. The molecule has 1 aromatic carbocycles. The van der Waals surface area contributed by atoms with E-state index in [4.69, 9.17) is 33.2 Å². The van der Waals surface area contributed by atoms with Crippen LogP contribution in [0, 0.1) is 0 Å². The molecule has 0 heterocycles. The minimum Gasteiger partial charge on any atom is -0.423 e. The van der Waals surface area contributed by atoms with E-state index in [1.54, 1.807) is 0 Å². The zero-order valence-corrected chi connectivity index (χ0v) is 10.9. The molecule has 3 nitrogen and oxygen atoms in total. The van der Waals surface area contributed by atoms with Crippen LogP contribution in [0.4, 0.5) is 13.2 Å². The van der Waals surface area contributed by atoms with E-state index < -0.39 is 29.8 Å². The van der Waals surface area contributed by atoms with Crippen LogP contribution in [-0.4, -0.2) is 33.3 Å². The summed E-state index contributed by atoms with van der Waals surface area (Å²) < 4.78 is 47.8. The predicted molar refractivity (Wildman–Crippen MR) is 63.6 cm³/mol. The van der Waals surface area contributed by atoms with Crippen molar-refractivity contribution >= 4 is 46.6 Å². The zero-order chi connectivity index (χ0) is 14.1. The lowest BCUT2D eigenvalue weighted by Crippen LogP contribution is -2.31. The highest BCUT2D eigenvalue weighted by Gasteiger charge is 2.32. The van der Waals surface area contributed by atoms with Gasteiger partial charge in [-0.2, -0.15) is 13.2 Å². The lowest BCUT2D eigenvalue weighted by Gasteiger charge is -2.10. The summed E-state index contributed by atoms with van der Waals surface area (Å²) in [5, 5.41) is 17.5. The molecule has 0 saturated heterocycles. The van der Waals surface area contributed by atoms with Crippen molar-refractivity contribution in [2.24, 2.45) is 0 Å². The van der Waals surface area contributed by atoms with Crippen LogP contribution in [0.1, 0.15) is 0 Å². The summed E-state index contributed by atoms with van der Waals surface area (Å²) in [6, 6.07) is 1.90. The highest BCUT2D eigenvalue weighted by molar-refractivity contribution is 7.85. The second kappa shape index (κ2) is 5.79. The van der Waals surface area contributed by atoms with Gasteiger partial charge in [0.15, 0.2) is 0 Å². The van der Waals surface area contributed by atoms with Gasteiger partial charge in [-0.1, -0.05) is 23.2 Å². The molecule has 0 amide bonds. The van der Waals surface area contributed by atoms with Crippen molar-refractivity contribution in [3.05, 3.63) is 22.2 Å². The molecule has 100 valence electrons. The number of benzene rings is 1. The van der Waals surface area contributed by atoms with Crippen molar-refractivity contribution < 1.29 is 27.4 Å². The maximum atomic E-state index is 12.1. The highest BCUT2D eigenvalue weighted by atomic mass is 35.5. The summed E-state index contributed by atoms with van der Waals surface area (Å²) in [6.07, 6.45) is -4.62. The van der Waals surface area contributed by atoms with E-state index >= 15 is 0 Å². The Labute approximate surface area is 113 Å². The molecule has 0 aromatic heterocycles. The minimum atomic E-state index is -4.62. The van der Waals surface area contributed by atoms with Crippen LogP contribution in [0.5, 0.6) is 0 Å². The van der Waals surface area contributed by atoms with E-state index in [-0.39, 0.29) is 20.4 Å². The molecular formula is C8H6BCl2F3O3S. The third kappa shape index (κ3) is 4.13. The molecule has 0 aliphatic heterocycles. The Bertz CT molecular complexity index is 481. The second-order valence-electron chi connectivity index (χ2n) is 3.28. The van der Waals surface area contributed by atoms with Crippen LogP contribution in [-0.2, 0) is 10.8 Å². The maximum absolute atomic E-state index is 12.1. The third-order valence-electron chi connectivity index (χ3n) is 1.87. The van der Waals surface area contributed by atoms with Crippen molar-refractivity contribution in [3.63, 3.8) is 0 Å². The zero-order valence-electron chi connectivity index (χ0n) is 8.54. The van der Waals surface area contributed by atoms with Gasteiger partial charge in [-0.25, -0.2) is 0 Å². The molecule has 0 unspecified atom stereocenters. The van der Waals surface area contributed by atoms with Crippen LogP contribution < -0.4 is 5.46 Å². The van der Waals surface area contributed by atoms with Gasteiger partial charge in [-0.3, -0.25) is 4.21 Å². The normalized spacial score (nSPS) is 13.5. The average Bonchev–Trinajstić information content (AvgIpc) is 2.13. The van der Waals surface area contributed by atoms with Crippen LogP contribution in [0.3, 0.4) is 0 Å². The van der Waals surface area contributed by atoms with E-state index in [0.717, 1.165) is 12.1 Å². The summed E-state index contributed by atoms with van der Waals surface area (Å²) >= 11 is 11.2. The van der Waals surface area contributed by atoms with Crippen molar-refractivity contribution in [1.29, 1.82) is 0 Å². The van der Waals surface area contributed by atoms with Crippen molar-refractivity contribution in [1.82, 2.24) is 0 Å². The van der Waals surface area contributed by atoms with Gasteiger partial charge in [-0.15, -0.1) is 0 Å². The molecule has 10 heteroatoms. The van der Waals surface area contributed by atoms with Crippen LogP contribution in [0.25, 0.3) is 0 Å². The Morgan fingerprint density at radius 1 is 1.22 bits per heavy atom. The minimum absolute atomic E-state index is 0.136. The van der Waals surface area contributed by atoms with Gasteiger partial charge in [0.25, 0.3) is 0 Å². The Kier molecular flexibility index (Phi) is 5.08. The fraction of sp³-hybridized carbons (Fsp3) is 0.250. The van der Waals surface area contributed by atoms with Gasteiger partial charge in [0.2, 0.25) is 0 Å². The summed E-state index contributed by atoms with van der Waals surface area (Å²) in [7, 11) is -4.43. The molecule has 0 aliphatic rings. The van der Waals surface area contributed by atoms with Gasteiger partial charge in [0, 0.05) is 10.5 Å². The summed E-state index contributed by atoms with van der Waals surface area (Å²) in [6.45, 7) is 0. The van der Waals surface area contributed by atoms with Crippen LogP contribution >= 0.6 is 23.2 Å². The highest BCUT2D eigenvalue weighted by Crippen LogP contribution is 2.26. The van der Waals surface area contributed by atoms with Crippen molar-refractivity contribution in [2.45, 2.75) is 11.1 Å². The number of rotatable bonds is 3. The lowest BCUT2D eigenvalue weighted by atomic mass is 9.80. The van der Waals surface area contributed by atoms with E-state index in [9.17, 15) is 17.4 Å². The molecule has 18 heavy (non-hydrogen) atoms. The van der Waals surface area contributed by atoms with Gasteiger partial charge in [-0.05, 0) is 12.1 Å². The Balaban J connectivity index is 3.17. The Hall–Kier alpha value is -0.275. The monoisotopic (exact) mass is 320 g/mol. The van der Waals surface area contributed by atoms with Crippen LogP contribution in [0.15, 0.2) is 17.0 Å². The lowest BCUT2D eigenvalue weighted by molar-refractivity contribution is -0.105. The summed E-state index contributed by atoms with van der Waals surface area (Å²) in [4.78, 5) is -0.346. The molecule has 2 N–H and O–H groups in total. The smallest absolute Gasteiger partial charge is 0.423 e. The first-order valence-corrected chi connectivity index (χ1v) is 6.49. The number of hydrogen-bond donors (Lipinski definition) is 2. The van der Waals surface area contributed by atoms with Gasteiger partial charge < -0.3 is 10.0 Å².